The molecule has 0 spiro atoms. The fourth-order valence-corrected chi connectivity index (χ4v) is 6.22. The number of benzene rings is 3. The number of carbonyl (C=O) groups excluding carboxylic acids is 2. The Morgan fingerprint density at radius 2 is 1.83 bits per heavy atom. The van der Waals surface area contributed by atoms with Gasteiger partial charge in [-0.2, -0.15) is 0 Å². The number of nitrogens with zero attached hydrogens (tertiary/aromatic N) is 1. The highest BCUT2D eigenvalue weighted by Gasteiger charge is 2.35. The molecule has 2 amide bonds. The molecule has 146 valence electrons. The number of hydrogen-bond donors (Lipinski definition) is 0. The van der Waals surface area contributed by atoms with Gasteiger partial charge in [0.25, 0.3) is 11.1 Å². The van der Waals surface area contributed by atoms with Crippen LogP contribution in [0.1, 0.15) is 11.1 Å². The zero-order chi connectivity index (χ0) is 20.5. The maximum absolute atomic E-state index is 13.0. The Bertz CT molecular complexity index is 1170. The number of amides is 2. The minimum Gasteiger partial charge on any atom is -0.495 e. The maximum Gasteiger partial charge on any atom is 0.293 e. The van der Waals surface area contributed by atoms with E-state index in [1.54, 1.807) is 13.2 Å². The molecule has 7 heteroatoms. The number of fused-ring (bicyclic) bond motifs is 1. The third kappa shape index (κ3) is 4.17. The molecule has 1 fully saturated rings. The van der Waals surface area contributed by atoms with E-state index in [0.29, 0.717) is 10.7 Å². The van der Waals surface area contributed by atoms with Gasteiger partial charge in [0.15, 0.2) is 0 Å². The zero-order valence-corrected chi connectivity index (χ0v) is 20.4. The summed E-state index contributed by atoms with van der Waals surface area (Å²) in [6, 6.07) is 17.9. The summed E-state index contributed by atoms with van der Waals surface area (Å²) >= 11 is 5.41. The Morgan fingerprint density at radius 1 is 1.07 bits per heavy atom. The molecule has 4 rings (SSSR count). The van der Waals surface area contributed by atoms with E-state index < -0.39 is 0 Å². The molecule has 0 saturated carbocycles. The molecule has 1 aliphatic heterocycles. The number of thioether (sulfide) groups is 1. The topological polar surface area (TPSA) is 46.6 Å². The van der Waals surface area contributed by atoms with E-state index in [1.165, 1.54) is 4.90 Å². The third-order valence-electron chi connectivity index (χ3n) is 4.61. The van der Waals surface area contributed by atoms with E-state index in [0.717, 1.165) is 40.8 Å². The maximum atomic E-state index is 13.0. The second kappa shape index (κ2) is 8.65. The number of methoxy groups -OCH3 is 1. The molecule has 4 nitrogen and oxygen atoms in total. The second-order valence-electron chi connectivity index (χ2n) is 6.42. The first-order chi connectivity index (χ1) is 14.0. The van der Waals surface area contributed by atoms with E-state index in [-0.39, 0.29) is 17.7 Å². The highest BCUT2D eigenvalue weighted by Crippen LogP contribution is 2.37. The summed E-state index contributed by atoms with van der Waals surface area (Å²) in [4.78, 5) is 27.3. The molecule has 3 aromatic rings. The van der Waals surface area contributed by atoms with Crippen molar-refractivity contribution < 1.29 is 14.3 Å². The van der Waals surface area contributed by atoms with Crippen molar-refractivity contribution >= 4 is 84.9 Å². The molecule has 3 aromatic carbocycles. The number of imide groups is 1. The zero-order valence-electron chi connectivity index (χ0n) is 15.3. The average Bonchev–Trinajstić information content (AvgIpc) is 2.95. The van der Waals surface area contributed by atoms with Crippen molar-refractivity contribution in [2.45, 2.75) is 6.54 Å². The molecule has 1 saturated heterocycles. The number of carbonyl (C=O) groups is 2. The number of halogens is 2. The van der Waals surface area contributed by atoms with Crippen LogP contribution >= 0.6 is 56.9 Å². The van der Waals surface area contributed by atoms with Crippen LogP contribution in [0.25, 0.3) is 16.8 Å². The van der Waals surface area contributed by atoms with Gasteiger partial charge in [0, 0.05) is 9.13 Å². The van der Waals surface area contributed by atoms with E-state index in [4.69, 9.17) is 4.74 Å². The van der Waals surface area contributed by atoms with Crippen LogP contribution in [-0.2, 0) is 11.3 Å². The minimum absolute atomic E-state index is 0.254. The van der Waals surface area contributed by atoms with Crippen LogP contribution in [0.15, 0.2) is 59.5 Å². The van der Waals surface area contributed by atoms with Crippen LogP contribution < -0.4 is 4.74 Å². The van der Waals surface area contributed by atoms with Crippen LogP contribution in [0.3, 0.4) is 0 Å². The first kappa shape index (κ1) is 20.7. The van der Waals surface area contributed by atoms with Crippen molar-refractivity contribution in [1.29, 1.82) is 0 Å². The Hall–Kier alpha value is -1.59. The lowest BCUT2D eigenvalue weighted by molar-refractivity contribution is -0.123. The lowest BCUT2D eigenvalue weighted by Crippen LogP contribution is -2.27. The average molecular weight is 627 g/mol. The number of ether oxygens (including phenoxy) is 1. The first-order valence-corrected chi connectivity index (χ1v) is 11.7. The summed E-state index contributed by atoms with van der Waals surface area (Å²) in [5.41, 5.74) is 1.74. The van der Waals surface area contributed by atoms with Crippen LogP contribution in [0.5, 0.6) is 5.75 Å². The molecule has 0 aromatic heterocycles. The van der Waals surface area contributed by atoms with Crippen molar-refractivity contribution in [3.63, 3.8) is 0 Å². The van der Waals surface area contributed by atoms with E-state index >= 15 is 0 Å². The molecule has 1 aliphatic rings. The van der Waals surface area contributed by atoms with E-state index in [2.05, 4.69) is 45.2 Å². The quantitative estimate of drug-likeness (QED) is 0.252. The van der Waals surface area contributed by atoms with Gasteiger partial charge in [-0.05, 0) is 91.5 Å². The predicted molar refractivity (Wildman–Crippen MR) is 134 cm³/mol. The molecular formula is C22H15I2NO3S. The number of hydrogen-bond acceptors (Lipinski definition) is 4. The van der Waals surface area contributed by atoms with Crippen LogP contribution in [-0.4, -0.2) is 23.2 Å². The Kier molecular flexibility index (Phi) is 6.16. The van der Waals surface area contributed by atoms with Gasteiger partial charge in [-0.25, -0.2) is 0 Å². The van der Waals surface area contributed by atoms with Gasteiger partial charge >= 0.3 is 0 Å². The normalized spacial score (nSPS) is 15.6. The predicted octanol–water partition coefficient (Wildman–Crippen LogP) is 6.29. The Labute approximate surface area is 200 Å². The molecule has 0 unspecified atom stereocenters. The molecule has 0 radical (unpaired) electrons. The fraction of sp³-hybridized carbons (Fsp3) is 0.0909. The SMILES string of the molecule is COc1c(I)cc(I)cc1/C=C1/SC(=O)N(Cc2cccc3ccccc23)C1=O. The summed E-state index contributed by atoms with van der Waals surface area (Å²) in [5.74, 6) is 0.427. The second-order valence-corrected chi connectivity index (χ2v) is 9.82. The summed E-state index contributed by atoms with van der Waals surface area (Å²) in [7, 11) is 1.61. The highest BCUT2D eigenvalue weighted by atomic mass is 127. The van der Waals surface area contributed by atoms with Crippen molar-refractivity contribution in [2.24, 2.45) is 0 Å². The van der Waals surface area contributed by atoms with Crippen LogP contribution in [0.4, 0.5) is 4.79 Å². The molecule has 0 aliphatic carbocycles. The lowest BCUT2D eigenvalue weighted by Gasteiger charge is -2.14. The van der Waals surface area contributed by atoms with Gasteiger partial charge in [0.05, 0.1) is 22.1 Å². The van der Waals surface area contributed by atoms with Gasteiger partial charge in [0.1, 0.15) is 5.75 Å². The summed E-state index contributed by atoms with van der Waals surface area (Å²) in [6.45, 7) is 0.254. The van der Waals surface area contributed by atoms with Gasteiger partial charge in [-0.15, -0.1) is 0 Å². The van der Waals surface area contributed by atoms with Gasteiger partial charge in [-0.3, -0.25) is 14.5 Å². The standard InChI is InChI=1S/C22H15I2NO3S/c1-28-20-15(9-16(23)11-18(20)24)10-19-21(26)25(22(27)29-19)12-14-7-4-6-13-5-2-3-8-17(13)14/h2-11H,12H2,1H3/b19-10+. The molecular weight excluding hydrogens is 612 g/mol. The molecule has 1 heterocycles. The monoisotopic (exact) mass is 627 g/mol. The van der Waals surface area contributed by atoms with Crippen molar-refractivity contribution in [2.75, 3.05) is 7.11 Å². The van der Waals surface area contributed by atoms with Crippen molar-refractivity contribution in [1.82, 2.24) is 4.90 Å². The summed E-state index contributed by atoms with van der Waals surface area (Å²) in [5, 5.41) is 1.88. The fourth-order valence-electron chi connectivity index (χ4n) is 3.28. The molecule has 29 heavy (non-hydrogen) atoms. The lowest BCUT2D eigenvalue weighted by atomic mass is 10.0. The van der Waals surface area contributed by atoms with E-state index in [1.807, 2.05) is 54.6 Å². The highest BCUT2D eigenvalue weighted by molar-refractivity contribution is 14.1. The Balaban J connectivity index is 1.67. The summed E-state index contributed by atoms with van der Waals surface area (Å²) < 4.78 is 7.49. The van der Waals surface area contributed by atoms with Crippen molar-refractivity contribution in [3.8, 4) is 5.75 Å². The number of rotatable bonds is 4. The molecule has 0 atom stereocenters. The molecule has 0 bridgehead atoms. The van der Waals surface area contributed by atoms with E-state index in [9.17, 15) is 9.59 Å². The largest absolute Gasteiger partial charge is 0.495 e. The summed E-state index contributed by atoms with van der Waals surface area (Å²) in [6.07, 6.45) is 1.75. The molecule has 0 N–H and O–H groups in total. The Morgan fingerprint density at radius 3 is 2.62 bits per heavy atom. The van der Waals surface area contributed by atoms with Crippen LogP contribution in [0, 0.1) is 7.14 Å². The van der Waals surface area contributed by atoms with Gasteiger partial charge in [0.2, 0.25) is 0 Å². The third-order valence-corrected chi connectivity index (χ3v) is 6.94. The van der Waals surface area contributed by atoms with Gasteiger partial charge in [-0.1, -0.05) is 42.5 Å². The minimum atomic E-state index is -0.274. The van der Waals surface area contributed by atoms with Crippen molar-refractivity contribution in [3.05, 3.63) is 77.8 Å². The smallest absolute Gasteiger partial charge is 0.293 e. The van der Waals surface area contributed by atoms with Gasteiger partial charge < -0.3 is 4.74 Å². The van der Waals surface area contributed by atoms with Crippen LogP contribution in [0.2, 0.25) is 0 Å². The first-order valence-electron chi connectivity index (χ1n) is 8.73.